The minimum absolute atomic E-state index is 0.0127. The van der Waals surface area contributed by atoms with E-state index in [1.165, 1.54) is 18.3 Å². The van der Waals surface area contributed by atoms with E-state index in [1.807, 2.05) is 6.92 Å². The fraction of sp³-hybridized carbons (Fsp3) is 0.615. The van der Waals surface area contributed by atoms with Crippen molar-refractivity contribution in [2.75, 3.05) is 19.6 Å². The zero-order valence-electron chi connectivity index (χ0n) is 11.4. The van der Waals surface area contributed by atoms with Gasteiger partial charge < -0.3 is 0 Å². The lowest BCUT2D eigenvalue weighted by atomic mass is 10.1. The van der Waals surface area contributed by atoms with E-state index in [0.29, 0.717) is 12.6 Å². The highest BCUT2D eigenvalue weighted by molar-refractivity contribution is 7.89. The Bertz CT molecular complexity index is 607. The van der Waals surface area contributed by atoms with Crippen molar-refractivity contribution in [1.29, 1.82) is 0 Å². The van der Waals surface area contributed by atoms with Crippen LogP contribution in [0.15, 0.2) is 23.2 Å². The molecular weight excluding hydrogens is 298 g/mol. The van der Waals surface area contributed by atoms with Gasteiger partial charge in [0.2, 0.25) is 10.0 Å². The van der Waals surface area contributed by atoms with E-state index in [1.54, 1.807) is 4.31 Å². The normalized spacial score (nSPS) is 28.5. The SMILES string of the molecule is CC1CN2CCCC2CN1S(=O)(=O)c1ccnc(Cl)c1. The molecule has 2 unspecified atom stereocenters. The summed E-state index contributed by atoms with van der Waals surface area (Å²) < 4.78 is 27.1. The second-order valence-corrected chi connectivity index (χ2v) is 7.81. The third-order valence-corrected chi connectivity index (χ3v) is 6.37. The minimum Gasteiger partial charge on any atom is -0.297 e. The van der Waals surface area contributed by atoms with E-state index >= 15 is 0 Å². The Morgan fingerprint density at radius 3 is 2.95 bits per heavy atom. The van der Waals surface area contributed by atoms with Crippen LogP contribution in [0.5, 0.6) is 0 Å². The van der Waals surface area contributed by atoms with E-state index in [-0.39, 0.29) is 16.1 Å². The lowest BCUT2D eigenvalue weighted by molar-refractivity contribution is 0.117. The van der Waals surface area contributed by atoms with Crippen molar-refractivity contribution in [2.45, 2.75) is 36.7 Å². The maximum Gasteiger partial charge on any atom is 0.243 e. The van der Waals surface area contributed by atoms with Crippen molar-refractivity contribution in [1.82, 2.24) is 14.2 Å². The van der Waals surface area contributed by atoms with Gasteiger partial charge in [0.05, 0.1) is 4.90 Å². The van der Waals surface area contributed by atoms with E-state index < -0.39 is 10.0 Å². The van der Waals surface area contributed by atoms with Crippen LogP contribution in [-0.2, 0) is 10.0 Å². The Hall–Kier alpha value is -0.690. The highest BCUT2D eigenvalue weighted by Crippen LogP contribution is 2.29. The fourth-order valence-corrected chi connectivity index (χ4v) is 5.09. The molecule has 0 saturated carbocycles. The first-order valence-corrected chi connectivity index (χ1v) is 8.68. The second kappa shape index (κ2) is 5.26. The van der Waals surface area contributed by atoms with Crippen LogP contribution in [0.25, 0.3) is 0 Å². The van der Waals surface area contributed by atoms with Gasteiger partial charge in [0.15, 0.2) is 0 Å². The number of piperazine rings is 1. The van der Waals surface area contributed by atoms with Crippen LogP contribution < -0.4 is 0 Å². The van der Waals surface area contributed by atoms with Crippen molar-refractivity contribution in [3.8, 4) is 0 Å². The number of nitrogens with zero attached hydrogens (tertiary/aromatic N) is 3. The summed E-state index contributed by atoms with van der Waals surface area (Å²) in [5.74, 6) is 0. The quantitative estimate of drug-likeness (QED) is 0.778. The molecule has 0 aliphatic carbocycles. The van der Waals surface area contributed by atoms with Gasteiger partial charge in [0.25, 0.3) is 0 Å². The summed E-state index contributed by atoms with van der Waals surface area (Å²) in [4.78, 5) is 6.48. The van der Waals surface area contributed by atoms with Gasteiger partial charge in [-0.15, -0.1) is 0 Å². The van der Waals surface area contributed by atoms with Crippen LogP contribution in [0.4, 0.5) is 0 Å². The van der Waals surface area contributed by atoms with Crippen LogP contribution in [0.1, 0.15) is 19.8 Å². The summed E-state index contributed by atoms with van der Waals surface area (Å²) in [5.41, 5.74) is 0. The van der Waals surface area contributed by atoms with Crippen LogP contribution in [-0.4, -0.2) is 54.3 Å². The zero-order chi connectivity index (χ0) is 14.3. The molecule has 2 fully saturated rings. The first kappa shape index (κ1) is 14.3. The maximum absolute atomic E-state index is 12.8. The minimum atomic E-state index is -3.49. The van der Waals surface area contributed by atoms with E-state index in [9.17, 15) is 8.42 Å². The zero-order valence-corrected chi connectivity index (χ0v) is 12.9. The van der Waals surface area contributed by atoms with Crippen molar-refractivity contribution in [2.24, 2.45) is 0 Å². The average Bonchev–Trinajstić information content (AvgIpc) is 2.84. The highest BCUT2D eigenvalue weighted by Gasteiger charge is 2.40. The van der Waals surface area contributed by atoms with Gasteiger partial charge in [-0.3, -0.25) is 4.90 Å². The van der Waals surface area contributed by atoms with Gasteiger partial charge in [0, 0.05) is 31.4 Å². The van der Waals surface area contributed by atoms with Gasteiger partial charge in [0.1, 0.15) is 5.15 Å². The third kappa shape index (κ3) is 2.45. The molecule has 2 atom stereocenters. The third-order valence-electron chi connectivity index (χ3n) is 4.18. The van der Waals surface area contributed by atoms with Crippen LogP contribution >= 0.6 is 11.6 Å². The first-order chi connectivity index (χ1) is 9.48. The van der Waals surface area contributed by atoms with Crippen LogP contribution in [0.2, 0.25) is 5.15 Å². The van der Waals surface area contributed by atoms with Gasteiger partial charge in [-0.05, 0) is 38.4 Å². The molecule has 1 aromatic rings. The van der Waals surface area contributed by atoms with Gasteiger partial charge in [-0.2, -0.15) is 4.31 Å². The number of sulfonamides is 1. The largest absolute Gasteiger partial charge is 0.297 e. The monoisotopic (exact) mass is 315 g/mol. The van der Waals surface area contributed by atoms with Crippen molar-refractivity contribution in [3.05, 3.63) is 23.5 Å². The number of fused-ring (bicyclic) bond motifs is 1. The van der Waals surface area contributed by atoms with Gasteiger partial charge >= 0.3 is 0 Å². The van der Waals surface area contributed by atoms with Crippen LogP contribution in [0, 0.1) is 0 Å². The first-order valence-electron chi connectivity index (χ1n) is 6.86. The Morgan fingerprint density at radius 1 is 1.40 bits per heavy atom. The number of hydrogen-bond donors (Lipinski definition) is 0. The molecule has 2 saturated heterocycles. The van der Waals surface area contributed by atoms with Gasteiger partial charge in [-0.1, -0.05) is 11.6 Å². The Labute approximate surface area is 124 Å². The summed E-state index contributed by atoms with van der Waals surface area (Å²) in [7, 11) is -3.49. The topological polar surface area (TPSA) is 53.5 Å². The summed E-state index contributed by atoms with van der Waals surface area (Å²) in [6, 6.07) is 3.28. The van der Waals surface area contributed by atoms with Crippen LogP contribution in [0.3, 0.4) is 0 Å². The second-order valence-electron chi connectivity index (χ2n) is 5.53. The van der Waals surface area contributed by atoms with Crippen molar-refractivity contribution >= 4 is 21.6 Å². The summed E-state index contributed by atoms with van der Waals surface area (Å²) in [6.45, 7) is 4.44. The molecule has 0 N–H and O–H groups in total. The smallest absolute Gasteiger partial charge is 0.243 e. The maximum atomic E-state index is 12.8. The molecule has 3 rings (SSSR count). The Balaban J connectivity index is 1.90. The number of aromatic nitrogens is 1. The summed E-state index contributed by atoms with van der Waals surface area (Å²) in [6.07, 6.45) is 3.67. The molecule has 0 spiro atoms. The Kier molecular flexibility index (Phi) is 3.75. The van der Waals surface area contributed by atoms with E-state index in [0.717, 1.165) is 25.9 Å². The molecule has 0 bridgehead atoms. The standard InChI is InChI=1S/C13H18ClN3O2S/c1-10-8-16-6-2-3-11(16)9-17(10)20(18,19)12-4-5-15-13(14)7-12/h4-5,7,10-11H,2-3,6,8-9H2,1H3. The number of pyridine rings is 1. The van der Waals surface area contributed by atoms with Crippen molar-refractivity contribution in [3.63, 3.8) is 0 Å². The number of halogens is 1. The van der Waals surface area contributed by atoms with Crippen molar-refractivity contribution < 1.29 is 8.42 Å². The summed E-state index contributed by atoms with van der Waals surface area (Å²) >= 11 is 5.81. The van der Waals surface area contributed by atoms with E-state index in [4.69, 9.17) is 11.6 Å². The molecule has 7 heteroatoms. The average molecular weight is 316 g/mol. The molecular formula is C13H18ClN3O2S. The molecule has 2 aliphatic rings. The summed E-state index contributed by atoms with van der Waals surface area (Å²) in [5, 5.41) is 0.207. The molecule has 0 aromatic carbocycles. The molecule has 0 radical (unpaired) electrons. The highest BCUT2D eigenvalue weighted by atomic mass is 35.5. The van der Waals surface area contributed by atoms with E-state index in [2.05, 4.69) is 9.88 Å². The molecule has 1 aromatic heterocycles. The molecule has 2 aliphatic heterocycles. The number of hydrogen-bond acceptors (Lipinski definition) is 4. The molecule has 110 valence electrons. The predicted octanol–water partition coefficient (Wildman–Crippen LogP) is 1.59. The molecule has 3 heterocycles. The van der Waals surface area contributed by atoms with Gasteiger partial charge in [-0.25, -0.2) is 13.4 Å². The number of rotatable bonds is 2. The lowest BCUT2D eigenvalue weighted by Crippen LogP contribution is -2.56. The fourth-order valence-electron chi connectivity index (χ4n) is 3.18. The lowest BCUT2D eigenvalue weighted by Gasteiger charge is -2.41. The molecule has 0 amide bonds. The Morgan fingerprint density at radius 2 is 2.20 bits per heavy atom. The molecule has 5 nitrogen and oxygen atoms in total. The molecule has 20 heavy (non-hydrogen) atoms. The predicted molar refractivity (Wildman–Crippen MR) is 77.2 cm³/mol.